The first-order chi connectivity index (χ1) is 16.1. The largest absolute Gasteiger partial charge is 0.365 e. The van der Waals surface area contributed by atoms with Gasteiger partial charge in [-0.15, -0.1) is 22.7 Å². The van der Waals surface area contributed by atoms with Crippen molar-refractivity contribution >= 4 is 56.1 Å². The highest BCUT2D eigenvalue weighted by atomic mass is 32.1. The number of nitrogens with zero attached hydrogens (tertiary/aromatic N) is 4. The molecule has 4 aromatic rings. The van der Waals surface area contributed by atoms with Gasteiger partial charge in [0.25, 0.3) is 18.2 Å². The zero-order valence-electron chi connectivity index (χ0n) is 17.7. The molecule has 0 saturated carbocycles. The van der Waals surface area contributed by atoms with Crippen molar-refractivity contribution in [2.45, 2.75) is 26.8 Å². The third kappa shape index (κ3) is 4.12. The molecule has 14 heteroatoms. The lowest BCUT2D eigenvalue weighted by Crippen LogP contribution is -2.18. The Kier molecular flexibility index (Phi) is 6.10. The fourth-order valence-electron chi connectivity index (χ4n) is 3.34. The van der Waals surface area contributed by atoms with Crippen LogP contribution in [0.25, 0.3) is 20.7 Å². The number of carbonyl (C=O) groups excluding carboxylic acids is 2. The van der Waals surface area contributed by atoms with Crippen LogP contribution >= 0.6 is 22.7 Å². The zero-order valence-corrected chi connectivity index (χ0v) is 19.3. The number of fused-ring (bicyclic) bond motifs is 1. The van der Waals surface area contributed by atoms with E-state index in [0.717, 1.165) is 22.4 Å². The Balaban J connectivity index is 1.94. The average Bonchev–Trinajstić information content (AvgIpc) is 3.49. The van der Waals surface area contributed by atoms with E-state index in [4.69, 9.17) is 5.73 Å². The zero-order chi connectivity index (χ0) is 24.7. The predicted molar refractivity (Wildman–Crippen MR) is 124 cm³/mol. The minimum absolute atomic E-state index is 0.0628. The van der Waals surface area contributed by atoms with Crippen LogP contribution in [0.15, 0.2) is 24.4 Å². The molecule has 4 rings (SSSR count). The lowest BCUT2D eigenvalue weighted by molar-refractivity contribution is -0.385. The van der Waals surface area contributed by atoms with Gasteiger partial charge >= 0.3 is 5.69 Å². The molecule has 0 fully saturated rings. The number of nitrogens with two attached hydrogens (primary N) is 1. The van der Waals surface area contributed by atoms with Gasteiger partial charge in [-0.3, -0.25) is 24.4 Å². The molecule has 0 radical (unpaired) electrons. The Morgan fingerprint density at radius 2 is 2.06 bits per heavy atom. The van der Waals surface area contributed by atoms with Crippen LogP contribution in [-0.4, -0.2) is 31.5 Å². The second-order valence-corrected chi connectivity index (χ2v) is 9.37. The van der Waals surface area contributed by atoms with Crippen LogP contribution in [0.3, 0.4) is 0 Å². The Labute approximate surface area is 198 Å². The second-order valence-electron chi connectivity index (χ2n) is 7.09. The summed E-state index contributed by atoms with van der Waals surface area (Å²) < 4.78 is 28.3. The number of alkyl halides is 2. The number of primary amides is 1. The maximum absolute atomic E-state index is 13.6. The number of thiophene rings is 2. The number of aryl methyl sites for hydroxylation is 2. The number of aromatic nitrogens is 3. The Morgan fingerprint density at radius 3 is 2.62 bits per heavy atom. The summed E-state index contributed by atoms with van der Waals surface area (Å²) in [5.74, 6) is -1.87. The standard InChI is InChI=1S/C20H16F2N6O4S2/c1-3-27-7-11(28(31)32)14(26-27)19(30)25-15-13-9(12-5-4-8(2)33-12)6-10(17(21)22)24-20(13)34-16(15)18(23)29/h4-7,17H,3H2,1-2H3,(H2,23,29)(H,25,30). The van der Waals surface area contributed by atoms with Crippen molar-refractivity contribution in [1.82, 2.24) is 14.8 Å². The van der Waals surface area contributed by atoms with Gasteiger partial charge in [0.15, 0.2) is 0 Å². The van der Waals surface area contributed by atoms with Gasteiger partial charge in [0, 0.05) is 27.2 Å². The van der Waals surface area contributed by atoms with Gasteiger partial charge in [0.2, 0.25) is 5.69 Å². The number of halogens is 2. The summed E-state index contributed by atoms with van der Waals surface area (Å²) in [6.45, 7) is 3.82. The lowest BCUT2D eigenvalue weighted by atomic mass is 10.1. The van der Waals surface area contributed by atoms with E-state index in [1.807, 2.05) is 6.92 Å². The molecule has 3 N–H and O–H groups in total. The Hall–Kier alpha value is -3.78. The fourth-order valence-corrected chi connectivity index (χ4v) is 5.24. The molecule has 0 unspecified atom stereocenters. The quantitative estimate of drug-likeness (QED) is 0.273. The van der Waals surface area contributed by atoms with E-state index in [-0.39, 0.29) is 27.3 Å². The Bertz CT molecular complexity index is 1460. The summed E-state index contributed by atoms with van der Waals surface area (Å²) >= 11 is 2.08. The van der Waals surface area contributed by atoms with Crippen molar-refractivity contribution in [3.8, 4) is 10.4 Å². The van der Waals surface area contributed by atoms with Crippen molar-refractivity contribution in [2.75, 3.05) is 5.32 Å². The van der Waals surface area contributed by atoms with E-state index in [1.54, 1.807) is 19.1 Å². The molecule has 0 atom stereocenters. The number of nitrogens with one attached hydrogen (secondary N) is 1. The van der Waals surface area contributed by atoms with Gasteiger partial charge in [0.05, 0.1) is 10.6 Å². The molecule has 0 spiro atoms. The van der Waals surface area contributed by atoms with Crippen LogP contribution in [-0.2, 0) is 6.54 Å². The van der Waals surface area contributed by atoms with E-state index in [9.17, 15) is 28.5 Å². The molecule has 4 aromatic heterocycles. The first-order valence-electron chi connectivity index (χ1n) is 9.76. The van der Waals surface area contributed by atoms with Crippen LogP contribution in [0, 0.1) is 17.0 Å². The summed E-state index contributed by atoms with van der Waals surface area (Å²) in [4.78, 5) is 41.3. The third-order valence-corrected chi connectivity index (χ3v) is 6.98. The molecule has 176 valence electrons. The second kappa shape index (κ2) is 8.87. The van der Waals surface area contributed by atoms with Crippen LogP contribution in [0.1, 0.15) is 44.1 Å². The van der Waals surface area contributed by atoms with Crippen molar-refractivity contribution < 1.29 is 23.3 Å². The molecule has 0 saturated heterocycles. The molecule has 0 bridgehead atoms. The minimum atomic E-state index is -2.87. The van der Waals surface area contributed by atoms with Crippen molar-refractivity contribution in [3.05, 3.63) is 55.7 Å². The van der Waals surface area contributed by atoms with Gasteiger partial charge in [-0.1, -0.05) is 0 Å². The number of anilines is 1. The third-order valence-electron chi connectivity index (χ3n) is 4.85. The number of pyridine rings is 1. The number of hydrogen-bond donors (Lipinski definition) is 2. The number of carbonyl (C=O) groups is 2. The molecule has 0 aliphatic heterocycles. The fraction of sp³-hybridized carbons (Fsp3) is 0.200. The number of nitro groups is 1. The van der Waals surface area contributed by atoms with E-state index in [1.165, 1.54) is 22.1 Å². The molecule has 34 heavy (non-hydrogen) atoms. The first kappa shape index (κ1) is 23.4. The molecule has 2 amide bonds. The summed E-state index contributed by atoms with van der Waals surface area (Å²) in [7, 11) is 0. The number of hydrogen-bond acceptors (Lipinski definition) is 8. The summed E-state index contributed by atoms with van der Waals surface area (Å²) in [6.07, 6.45) is -1.76. The van der Waals surface area contributed by atoms with Crippen LogP contribution < -0.4 is 11.1 Å². The molecule has 4 heterocycles. The van der Waals surface area contributed by atoms with E-state index >= 15 is 0 Å². The predicted octanol–water partition coefficient (Wildman–Crippen LogP) is 4.75. The summed E-state index contributed by atoms with van der Waals surface area (Å²) in [6, 6.07) is 4.72. The number of rotatable bonds is 7. The maximum atomic E-state index is 13.6. The molecular formula is C20H16F2N6O4S2. The topological polar surface area (TPSA) is 146 Å². The Morgan fingerprint density at radius 1 is 1.32 bits per heavy atom. The van der Waals surface area contributed by atoms with Crippen molar-refractivity contribution in [3.63, 3.8) is 0 Å². The molecule has 0 aliphatic carbocycles. The van der Waals surface area contributed by atoms with Gasteiger partial charge in [-0.05, 0) is 32.0 Å². The van der Waals surface area contributed by atoms with E-state index < -0.39 is 40.2 Å². The van der Waals surface area contributed by atoms with Gasteiger partial charge in [0.1, 0.15) is 21.6 Å². The van der Waals surface area contributed by atoms with Crippen LogP contribution in [0.2, 0.25) is 0 Å². The van der Waals surface area contributed by atoms with E-state index in [2.05, 4.69) is 15.4 Å². The summed E-state index contributed by atoms with van der Waals surface area (Å²) in [5, 5.41) is 18.1. The summed E-state index contributed by atoms with van der Waals surface area (Å²) in [5.41, 5.74) is 4.28. The molecule has 0 aromatic carbocycles. The minimum Gasteiger partial charge on any atom is -0.365 e. The monoisotopic (exact) mass is 506 g/mol. The van der Waals surface area contributed by atoms with Crippen LogP contribution in [0.5, 0.6) is 0 Å². The molecule has 0 aliphatic rings. The SMILES string of the molecule is CCn1cc([N+](=O)[O-])c(C(=O)Nc2c(C(N)=O)sc3nc(C(F)F)cc(-c4ccc(C)s4)c23)n1. The highest BCUT2D eigenvalue weighted by molar-refractivity contribution is 7.21. The van der Waals surface area contributed by atoms with Gasteiger partial charge < -0.3 is 11.1 Å². The number of amides is 2. The lowest BCUT2D eigenvalue weighted by Gasteiger charge is -2.09. The van der Waals surface area contributed by atoms with Gasteiger partial charge in [-0.2, -0.15) is 5.10 Å². The molecular weight excluding hydrogens is 490 g/mol. The van der Waals surface area contributed by atoms with E-state index in [0.29, 0.717) is 10.4 Å². The smallest absolute Gasteiger partial charge is 0.320 e. The highest BCUT2D eigenvalue weighted by Crippen LogP contribution is 2.44. The van der Waals surface area contributed by atoms with Crippen LogP contribution in [0.4, 0.5) is 20.2 Å². The molecule has 10 nitrogen and oxygen atoms in total. The van der Waals surface area contributed by atoms with Gasteiger partial charge in [-0.25, -0.2) is 13.8 Å². The first-order valence-corrected chi connectivity index (χ1v) is 11.4. The average molecular weight is 507 g/mol. The highest BCUT2D eigenvalue weighted by Gasteiger charge is 2.30. The van der Waals surface area contributed by atoms with Crippen molar-refractivity contribution in [1.29, 1.82) is 0 Å². The normalized spacial score (nSPS) is 11.3. The van der Waals surface area contributed by atoms with Crippen molar-refractivity contribution in [2.24, 2.45) is 5.73 Å². The maximum Gasteiger partial charge on any atom is 0.320 e.